The molecular weight excluding hydrogens is 220 g/mol. The van der Waals surface area contributed by atoms with Crippen molar-refractivity contribution in [1.29, 1.82) is 0 Å². The van der Waals surface area contributed by atoms with Crippen molar-refractivity contribution in [3.05, 3.63) is 0 Å². The van der Waals surface area contributed by atoms with Crippen LogP contribution >= 0.6 is 0 Å². The highest BCUT2D eigenvalue weighted by atomic mass is 16.5. The van der Waals surface area contributed by atoms with E-state index in [9.17, 15) is 4.79 Å². The first kappa shape index (κ1) is 14.4. The van der Waals surface area contributed by atoms with Gasteiger partial charge in [0.05, 0.1) is 13.2 Å². The third-order valence-electron chi connectivity index (χ3n) is 2.95. The Bertz CT molecular complexity index is 218. The first-order valence-corrected chi connectivity index (χ1v) is 6.44. The Morgan fingerprint density at radius 3 is 2.76 bits per heavy atom. The van der Waals surface area contributed by atoms with Gasteiger partial charge in [-0.15, -0.1) is 0 Å². The minimum absolute atomic E-state index is 0.277. The van der Waals surface area contributed by atoms with Gasteiger partial charge in [-0.2, -0.15) is 0 Å². The van der Waals surface area contributed by atoms with Gasteiger partial charge >= 0.3 is 5.97 Å². The zero-order chi connectivity index (χ0) is 12.5. The average molecular weight is 244 g/mol. The second-order valence-corrected chi connectivity index (χ2v) is 4.62. The lowest BCUT2D eigenvalue weighted by atomic mass is 10.2. The third-order valence-corrected chi connectivity index (χ3v) is 2.95. The maximum atomic E-state index is 10.3. The topological polar surface area (TPSA) is 61.8 Å². The molecule has 1 rings (SSSR count). The minimum atomic E-state index is -0.702. The van der Waals surface area contributed by atoms with E-state index >= 15 is 0 Å². The van der Waals surface area contributed by atoms with Crippen LogP contribution in [0.3, 0.4) is 0 Å². The van der Waals surface area contributed by atoms with Crippen LogP contribution in [0.25, 0.3) is 0 Å². The number of hydrogen-bond donors (Lipinski definition) is 2. The fraction of sp³-hybridized carbons (Fsp3) is 0.917. The highest BCUT2D eigenvalue weighted by molar-refractivity contribution is 5.66. The van der Waals surface area contributed by atoms with Gasteiger partial charge in [-0.1, -0.05) is 0 Å². The summed E-state index contributed by atoms with van der Waals surface area (Å²) in [6.45, 7) is 7.83. The number of carboxylic acid groups (broad SMARTS) is 1. The average Bonchev–Trinajstić information content (AvgIpc) is 2.29. The molecule has 0 radical (unpaired) electrons. The second-order valence-electron chi connectivity index (χ2n) is 4.62. The van der Waals surface area contributed by atoms with Gasteiger partial charge in [0.25, 0.3) is 0 Å². The molecule has 0 aliphatic carbocycles. The van der Waals surface area contributed by atoms with E-state index in [0.717, 1.165) is 52.2 Å². The van der Waals surface area contributed by atoms with Crippen molar-refractivity contribution in [2.45, 2.75) is 32.2 Å². The van der Waals surface area contributed by atoms with Gasteiger partial charge in [0.1, 0.15) is 0 Å². The van der Waals surface area contributed by atoms with E-state index in [1.807, 2.05) is 0 Å². The van der Waals surface area contributed by atoms with E-state index in [4.69, 9.17) is 9.84 Å². The van der Waals surface area contributed by atoms with Gasteiger partial charge in [0.2, 0.25) is 0 Å². The molecular formula is C12H24N2O3. The molecule has 0 bridgehead atoms. The third kappa shape index (κ3) is 7.31. The summed E-state index contributed by atoms with van der Waals surface area (Å²) in [5.74, 6) is -0.702. The van der Waals surface area contributed by atoms with E-state index in [-0.39, 0.29) is 6.42 Å². The summed E-state index contributed by atoms with van der Waals surface area (Å²) >= 11 is 0. The number of nitrogens with one attached hydrogen (secondary N) is 1. The summed E-state index contributed by atoms with van der Waals surface area (Å²) in [5.41, 5.74) is 0. The van der Waals surface area contributed by atoms with Gasteiger partial charge in [-0.25, -0.2) is 0 Å². The van der Waals surface area contributed by atoms with Crippen molar-refractivity contribution in [2.75, 3.05) is 39.4 Å². The SMILES string of the molecule is CC(CN1CCOCC1)NCCCCC(=O)O. The first-order valence-electron chi connectivity index (χ1n) is 6.44. The Kier molecular flexibility index (Phi) is 7.16. The monoisotopic (exact) mass is 244 g/mol. The molecule has 0 aromatic rings. The highest BCUT2D eigenvalue weighted by Crippen LogP contribution is 1.99. The van der Waals surface area contributed by atoms with E-state index in [1.54, 1.807) is 0 Å². The molecule has 0 amide bonds. The van der Waals surface area contributed by atoms with E-state index in [0.29, 0.717) is 6.04 Å². The molecule has 1 aliphatic heterocycles. The Balaban J connectivity index is 1.96. The van der Waals surface area contributed by atoms with Crippen LogP contribution in [0.1, 0.15) is 26.2 Å². The van der Waals surface area contributed by atoms with E-state index in [2.05, 4.69) is 17.1 Å². The zero-order valence-electron chi connectivity index (χ0n) is 10.7. The molecule has 5 heteroatoms. The van der Waals surface area contributed by atoms with Crippen molar-refractivity contribution in [3.63, 3.8) is 0 Å². The number of ether oxygens (including phenoxy) is 1. The molecule has 0 aromatic heterocycles. The van der Waals surface area contributed by atoms with Gasteiger partial charge < -0.3 is 15.2 Å². The standard InChI is InChI=1S/C12H24N2O3/c1-11(10-14-6-8-17-9-7-14)13-5-3-2-4-12(15)16/h11,13H,2-10H2,1H3,(H,15,16). The number of rotatable bonds is 8. The Morgan fingerprint density at radius 2 is 2.12 bits per heavy atom. The normalized spacial score (nSPS) is 19.1. The molecule has 2 N–H and O–H groups in total. The molecule has 0 aromatic carbocycles. The van der Waals surface area contributed by atoms with Crippen LogP contribution in [-0.2, 0) is 9.53 Å². The van der Waals surface area contributed by atoms with Crippen molar-refractivity contribution in [1.82, 2.24) is 10.2 Å². The lowest BCUT2D eigenvalue weighted by molar-refractivity contribution is -0.137. The van der Waals surface area contributed by atoms with Gasteiger partial charge in [0, 0.05) is 32.1 Å². The summed E-state index contributed by atoms with van der Waals surface area (Å²) in [6.07, 6.45) is 1.96. The highest BCUT2D eigenvalue weighted by Gasteiger charge is 2.12. The van der Waals surface area contributed by atoms with Crippen LogP contribution in [0.2, 0.25) is 0 Å². The Hall–Kier alpha value is -0.650. The zero-order valence-corrected chi connectivity index (χ0v) is 10.7. The number of aliphatic carboxylic acids is 1. The number of morpholine rings is 1. The number of carboxylic acids is 1. The molecule has 5 nitrogen and oxygen atoms in total. The molecule has 1 saturated heterocycles. The number of unbranched alkanes of at least 4 members (excludes halogenated alkanes) is 1. The van der Waals surface area contributed by atoms with Gasteiger partial charge in [-0.05, 0) is 26.3 Å². The van der Waals surface area contributed by atoms with Crippen LogP contribution in [0.4, 0.5) is 0 Å². The predicted octanol–water partition coefficient (Wildman–Crippen LogP) is 0.552. The van der Waals surface area contributed by atoms with Gasteiger partial charge in [0.15, 0.2) is 0 Å². The molecule has 1 unspecified atom stereocenters. The molecule has 0 saturated carbocycles. The number of hydrogen-bond acceptors (Lipinski definition) is 4. The molecule has 1 atom stereocenters. The van der Waals surface area contributed by atoms with Crippen molar-refractivity contribution in [2.24, 2.45) is 0 Å². The molecule has 1 aliphatic rings. The molecule has 100 valence electrons. The minimum Gasteiger partial charge on any atom is -0.481 e. The van der Waals surface area contributed by atoms with Crippen molar-refractivity contribution >= 4 is 5.97 Å². The summed E-state index contributed by atoms with van der Waals surface area (Å²) in [5, 5.41) is 11.9. The van der Waals surface area contributed by atoms with Crippen LogP contribution in [-0.4, -0.2) is 61.4 Å². The number of carbonyl (C=O) groups is 1. The van der Waals surface area contributed by atoms with E-state index in [1.165, 1.54) is 0 Å². The van der Waals surface area contributed by atoms with Crippen LogP contribution < -0.4 is 5.32 Å². The Morgan fingerprint density at radius 1 is 1.41 bits per heavy atom. The van der Waals surface area contributed by atoms with Crippen LogP contribution in [0.5, 0.6) is 0 Å². The predicted molar refractivity (Wildman–Crippen MR) is 66.2 cm³/mol. The maximum Gasteiger partial charge on any atom is 0.303 e. The Labute approximate surface area is 103 Å². The van der Waals surface area contributed by atoms with Crippen molar-refractivity contribution in [3.8, 4) is 0 Å². The molecule has 0 spiro atoms. The van der Waals surface area contributed by atoms with E-state index < -0.39 is 5.97 Å². The van der Waals surface area contributed by atoms with Crippen molar-refractivity contribution < 1.29 is 14.6 Å². The summed E-state index contributed by atoms with van der Waals surface area (Å²) in [6, 6.07) is 0.456. The number of nitrogens with zero attached hydrogens (tertiary/aromatic N) is 1. The quantitative estimate of drug-likeness (QED) is 0.611. The summed E-state index contributed by atoms with van der Waals surface area (Å²) < 4.78 is 5.30. The fourth-order valence-electron chi connectivity index (χ4n) is 1.99. The van der Waals surface area contributed by atoms with Crippen LogP contribution in [0, 0.1) is 0 Å². The largest absolute Gasteiger partial charge is 0.481 e. The van der Waals surface area contributed by atoms with Crippen LogP contribution in [0.15, 0.2) is 0 Å². The molecule has 17 heavy (non-hydrogen) atoms. The van der Waals surface area contributed by atoms with Gasteiger partial charge in [-0.3, -0.25) is 9.69 Å². The smallest absolute Gasteiger partial charge is 0.303 e. The summed E-state index contributed by atoms with van der Waals surface area (Å²) in [4.78, 5) is 12.7. The molecule has 1 fully saturated rings. The lowest BCUT2D eigenvalue weighted by Crippen LogP contribution is -2.44. The maximum absolute atomic E-state index is 10.3. The summed E-state index contributed by atoms with van der Waals surface area (Å²) in [7, 11) is 0. The fourth-order valence-corrected chi connectivity index (χ4v) is 1.99. The second kappa shape index (κ2) is 8.44. The molecule has 1 heterocycles. The lowest BCUT2D eigenvalue weighted by Gasteiger charge is -2.29. The first-order chi connectivity index (χ1) is 8.18.